The maximum absolute atomic E-state index is 12.5. The number of hydrogen-bond donors (Lipinski definition) is 0. The van der Waals surface area contributed by atoms with Gasteiger partial charge in [-0.25, -0.2) is 0 Å². The van der Waals surface area contributed by atoms with E-state index in [9.17, 15) is 9.59 Å². The molecular weight excluding hydrogens is 312 g/mol. The van der Waals surface area contributed by atoms with Crippen molar-refractivity contribution >= 4 is 35.3 Å². The van der Waals surface area contributed by atoms with Crippen molar-refractivity contribution in [1.29, 1.82) is 0 Å². The van der Waals surface area contributed by atoms with Crippen LogP contribution in [0.5, 0.6) is 0 Å². The Labute approximate surface area is 133 Å². The molecule has 120 valence electrons. The Morgan fingerprint density at radius 3 is 2.67 bits per heavy atom. The summed E-state index contributed by atoms with van der Waals surface area (Å²) in [4.78, 5) is 28.3. The van der Waals surface area contributed by atoms with Gasteiger partial charge in [0, 0.05) is 37.5 Å². The molecule has 0 spiro atoms. The molecule has 0 aromatic heterocycles. The van der Waals surface area contributed by atoms with E-state index in [1.54, 1.807) is 23.8 Å². The van der Waals surface area contributed by atoms with E-state index in [4.69, 9.17) is 9.47 Å². The van der Waals surface area contributed by atoms with E-state index < -0.39 is 0 Å². The monoisotopic (exact) mass is 334 g/mol. The summed E-state index contributed by atoms with van der Waals surface area (Å²) in [6.45, 7) is 2.46. The number of carbonyl (C=O) groups excluding carboxylic acids is 2. The molecule has 0 aliphatic carbocycles. The van der Waals surface area contributed by atoms with E-state index >= 15 is 0 Å². The standard InChI is InChI=1S/C13H22N2O4S2/c1-18-4-5-19-8-12(16)15-10-21-9-11(15)13(17)14-2-6-20-7-3-14/h11H,2-10H2,1H3/t11-/m0/s1. The summed E-state index contributed by atoms with van der Waals surface area (Å²) in [5.74, 6) is 3.21. The van der Waals surface area contributed by atoms with Crippen LogP contribution in [0.3, 0.4) is 0 Å². The van der Waals surface area contributed by atoms with Crippen LogP contribution >= 0.6 is 23.5 Å². The molecule has 0 aromatic rings. The second kappa shape index (κ2) is 8.87. The normalized spacial score (nSPS) is 22.6. The Hall–Kier alpha value is -0.440. The fourth-order valence-electron chi connectivity index (χ4n) is 2.27. The molecule has 2 fully saturated rings. The summed E-state index contributed by atoms with van der Waals surface area (Å²) < 4.78 is 10.1. The molecule has 21 heavy (non-hydrogen) atoms. The highest BCUT2D eigenvalue weighted by Crippen LogP contribution is 2.23. The van der Waals surface area contributed by atoms with Gasteiger partial charge in [-0.3, -0.25) is 9.59 Å². The Morgan fingerprint density at radius 2 is 1.95 bits per heavy atom. The highest BCUT2D eigenvalue weighted by molar-refractivity contribution is 7.99. The van der Waals surface area contributed by atoms with Crippen LogP contribution < -0.4 is 0 Å². The van der Waals surface area contributed by atoms with Crippen LogP contribution in [0.25, 0.3) is 0 Å². The van der Waals surface area contributed by atoms with Crippen LogP contribution in [-0.4, -0.2) is 90.8 Å². The van der Waals surface area contributed by atoms with Gasteiger partial charge in [0.1, 0.15) is 12.6 Å². The Morgan fingerprint density at radius 1 is 1.19 bits per heavy atom. The summed E-state index contributed by atoms with van der Waals surface area (Å²) in [7, 11) is 1.59. The first-order valence-electron chi connectivity index (χ1n) is 7.04. The zero-order valence-electron chi connectivity index (χ0n) is 12.3. The molecule has 2 amide bonds. The van der Waals surface area contributed by atoms with Gasteiger partial charge in [0.05, 0.1) is 19.1 Å². The summed E-state index contributed by atoms with van der Waals surface area (Å²) >= 11 is 3.50. The SMILES string of the molecule is COCCOCC(=O)N1CSC[C@H]1C(=O)N1CCSCC1. The van der Waals surface area contributed by atoms with Crippen LogP contribution in [0.1, 0.15) is 0 Å². The lowest BCUT2D eigenvalue weighted by Crippen LogP contribution is -2.51. The molecule has 0 radical (unpaired) electrons. The highest BCUT2D eigenvalue weighted by Gasteiger charge is 2.37. The first kappa shape index (κ1) is 16.9. The zero-order chi connectivity index (χ0) is 15.1. The number of ether oxygens (including phenoxy) is 2. The Bertz CT molecular complexity index is 364. The van der Waals surface area contributed by atoms with Crippen molar-refractivity contribution in [1.82, 2.24) is 9.80 Å². The summed E-state index contributed by atoms with van der Waals surface area (Å²) in [6.07, 6.45) is 0. The second-order valence-electron chi connectivity index (χ2n) is 4.86. The minimum Gasteiger partial charge on any atom is -0.382 e. The van der Waals surface area contributed by atoms with E-state index in [0.717, 1.165) is 24.6 Å². The van der Waals surface area contributed by atoms with Crippen molar-refractivity contribution in [2.45, 2.75) is 6.04 Å². The molecule has 1 atom stereocenters. The molecule has 2 rings (SSSR count). The first-order valence-corrected chi connectivity index (χ1v) is 9.35. The van der Waals surface area contributed by atoms with E-state index in [-0.39, 0.29) is 24.5 Å². The molecule has 0 unspecified atom stereocenters. The number of methoxy groups -OCH3 is 1. The van der Waals surface area contributed by atoms with Crippen LogP contribution in [0.4, 0.5) is 0 Å². The maximum atomic E-state index is 12.5. The van der Waals surface area contributed by atoms with Gasteiger partial charge in [0.15, 0.2) is 0 Å². The molecule has 0 N–H and O–H groups in total. The Balaban J connectivity index is 1.83. The average molecular weight is 334 g/mol. The molecule has 2 heterocycles. The highest BCUT2D eigenvalue weighted by atomic mass is 32.2. The molecule has 2 saturated heterocycles. The topological polar surface area (TPSA) is 59.1 Å². The van der Waals surface area contributed by atoms with Crippen molar-refractivity contribution in [3.05, 3.63) is 0 Å². The van der Waals surface area contributed by atoms with Crippen molar-refractivity contribution in [2.24, 2.45) is 0 Å². The average Bonchev–Trinajstić information content (AvgIpc) is 3.01. The number of amides is 2. The third kappa shape index (κ3) is 4.77. The van der Waals surface area contributed by atoms with E-state index in [1.165, 1.54) is 0 Å². The van der Waals surface area contributed by atoms with E-state index in [2.05, 4.69) is 0 Å². The van der Waals surface area contributed by atoms with Gasteiger partial charge in [-0.2, -0.15) is 11.8 Å². The number of thioether (sulfide) groups is 2. The zero-order valence-corrected chi connectivity index (χ0v) is 13.9. The van der Waals surface area contributed by atoms with E-state index in [1.807, 2.05) is 16.7 Å². The van der Waals surface area contributed by atoms with Gasteiger partial charge >= 0.3 is 0 Å². The van der Waals surface area contributed by atoms with Crippen LogP contribution in [-0.2, 0) is 19.1 Å². The number of nitrogens with zero attached hydrogens (tertiary/aromatic N) is 2. The summed E-state index contributed by atoms with van der Waals surface area (Å²) in [5.41, 5.74) is 0. The van der Waals surface area contributed by atoms with Gasteiger partial charge < -0.3 is 19.3 Å². The Kier molecular flexibility index (Phi) is 7.15. The molecular formula is C13H22N2O4S2. The van der Waals surface area contributed by atoms with Crippen LogP contribution in [0, 0.1) is 0 Å². The molecule has 0 bridgehead atoms. The smallest absolute Gasteiger partial charge is 0.249 e. The number of rotatable bonds is 6. The maximum Gasteiger partial charge on any atom is 0.249 e. The lowest BCUT2D eigenvalue weighted by molar-refractivity contribution is -0.145. The summed E-state index contributed by atoms with van der Waals surface area (Å²) in [5, 5.41) is 0. The minimum absolute atomic E-state index is 0.0174. The van der Waals surface area contributed by atoms with Gasteiger partial charge in [-0.15, -0.1) is 11.8 Å². The molecule has 2 aliphatic rings. The first-order chi connectivity index (χ1) is 10.2. The van der Waals surface area contributed by atoms with Crippen LogP contribution in [0.2, 0.25) is 0 Å². The summed E-state index contributed by atoms with van der Waals surface area (Å²) in [6, 6.07) is -0.323. The second-order valence-corrected chi connectivity index (χ2v) is 7.09. The molecule has 2 aliphatic heterocycles. The van der Waals surface area contributed by atoms with Crippen molar-refractivity contribution < 1.29 is 19.1 Å². The van der Waals surface area contributed by atoms with Crippen molar-refractivity contribution in [3.63, 3.8) is 0 Å². The minimum atomic E-state index is -0.323. The van der Waals surface area contributed by atoms with Crippen LogP contribution in [0.15, 0.2) is 0 Å². The third-order valence-electron chi connectivity index (χ3n) is 3.47. The van der Waals surface area contributed by atoms with E-state index in [0.29, 0.717) is 24.8 Å². The molecule has 6 nitrogen and oxygen atoms in total. The lowest BCUT2D eigenvalue weighted by Gasteiger charge is -2.31. The van der Waals surface area contributed by atoms with Gasteiger partial charge in [-0.05, 0) is 0 Å². The lowest BCUT2D eigenvalue weighted by atomic mass is 10.2. The fourth-order valence-corrected chi connectivity index (χ4v) is 4.35. The predicted molar refractivity (Wildman–Crippen MR) is 84.6 cm³/mol. The van der Waals surface area contributed by atoms with Crippen molar-refractivity contribution in [2.75, 3.05) is 63.2 Å². The van der Waals surface area contributed by atoms with Gasteiger partial charge in [-0.1, -0.05) is 0 Å². The number of hydrogen-bond acceptors (Lipinski definition) is 6. The van der Waals surface area contributed by atoms with Gasteiger partial charge in [0.2, 0.25) is 11.8 Å². The van der Waals surface area contributed by atoms with Gasteiger partial charge in [0.25, 0.3) is 0 Å². The molecule has 0 saturated carbocycles. The molecule has 8 heteroatoms. The predicted octanol–water partition coefficient (Wildman–Crippen LogP) is 0.126. The largest absolute Gasteiger partial charge is 0.382 e. The van der Waals surface area contributed by atoms with Crippen molar-refractivity contribution in [3.8, 4) is 0 Å². The quantitative estimate of drug-likeness (QED) is 0.644. The third-order valence-corrected chi connectivity index (χ3v) is 5.42. The fraction of sp³-hybridized carbons (Fsp3) is 0.846. The molecule has 0 aromatic carbocycles. The number of carbonyl (C=O) groups is 2.